The molecule has 2 aromatic rings. The Balaban J connectivity index is 1.89. The van der Waals surface area contributed by atoms with Crippen LogP contribution in [0.1, 0.15) is 11.1 Å². The van der Waals surface area contributed by atoms with E-state index >= 15 is 0 Å². The van der Waals surface area contributed by atoms with E-state index in [1.165, 1.54) is 5.56 Å². The van der Waals surface area contributed by atoms with Crippen molar-refractivity contribution in [2.45, 2.75) is 13.8 Å². The van der Waals surface area contributed by atoms with Crippen molar-refractivity contribution in [3.63, 3.8) is 0 Å². The summed E-state index contributed by atoms with van der Waals surface area (Å²) in [6.45, 7) is 7.87. The number of rotatable bonds is 2. The van der Waals surface area contributed by atoms with Gasteiger partial charge >= 0.3 is 6.01 Å². The van der Waals surface area contributed by atoms with Crippen molar-refractivity contribution in [3.05, 3.63) is 29.3 Å². The molecule has 0 amide bonds. The fraction of sp³-hybridized carbons (Fsp3) is 0.429. The Kier molecular flexibility index (Phi) is 3.21. The van der Waals surface area contributed by atoms with E-state index in [9.17, 15) is 0 Å². The highest BCUT2D eigenvalue weighted by atomic mass is 16.4. The first-order chi connectivity index (χ1) is 9.24. The molecule has 1 aromatic heterocycles. The van der Waals surface area contributed by atoms with Crippen molar-refractivity contribution in [2.75, 3.05) is 31.1 Å². The van der Waals surface area contributed by atoms with E-state index in [1.54, 1.807) is 0 Å². The summed E-state index contributed by atoms with van der Waals surface area (Å²) in [6.07, 6.45) is 0. The minimum atomic E-state index is 0.606. The smallest absolute Gasteiger partial charge is 0.318 e. The van der Waals surface area contributed by atoms with Crippen LogP contribution in [0.5, 0.6) is 0 Å². The van der Waals surface area contributed by atoms with Gasteiger partial charge in [-0.15, -0.1) is 5.10 Å². The molecule has 1 aliphatic rings. The summed E-state index contributed by atoms with van der Waals surface area (Å²) in [5.74, 6) is 0.606. The zero-order valence-corrected chi connectivity index (χ0v) is 11.3. The monoisotopic (exact) mass is 258 g/mol. The van der Waals surface area contributed by atoms with Crippen LogP contribution in [-0.2, 0) is 0 Å². The lowest BCUT2D eigenvalue weighted by Crippen LogP contribution is -2.43. The molecule has 19 heavy (non-hydrogen) atoms. The Morgan fingerprint density at radius 2 is 1.95 bits per heavy atom. The van der Waals surface area contributed by atoms with Gasteiger partial charge in [0.05, 0.1) is 0 Å². The van der Waals surface area contributed by atoms with Gasteiger partial charge in [0, 0.05) is 31.7 Å². The number of nitrogens with one attached hydrogen (secondary N) is 1. The number of hydrogen-bond acceptors (Lipinski definition) is 5. The molecule has 0 spiro atoms. The topological polar surface area (TPSA) is 54.2 Å². The molecule has 0 radical (unpaired) electrons. The first-order valence-electron chi connectivity index (χ1n) is 6.61. The third-order valence-corrected chi connectivity index (χ3v) is 3.43. The Hall–Kier alpha value is -1.88. The van der Waals surface area contributed by atoms with Crippen LogP contribution in [0.2, 0.25) is 0 Å². The highest BCUT2D eigenvalue weighted by Gasteiger charge is 2.18. The first-order valence-corrected chi connectivity index (χ1v) is 6.61. The van der Waals surface area contributed by atoms with Gasteiger partial charge < -0.3 is 14.6 Å². The summed E-state index contributed by atoms with van der Waals surface area (Å²) in [5, 5.41) is 11.7. The van der Waals surface area contributed by atoms with Crippen LogP contribution in [0, 0.1) is 13.8 Å². The number of hydrogen-bond donors (Lipinski definition) is 1. The molecule has 0 bridgehead atoms. The Bertz CT molecular complexity index is 573. The summed E-state index contributed by atoms with van der Waals surface area (Å²) in [4.78, 5) is 2.12. The van der Waals surface area contributed by atoms with Gasteiger partial charge in [0.2, 0.25) is 5.89 Å². The molecule has 100 valence electrons. The van der Waals surface area contributed by atoms with Gasteiger partial charge in [-0.25, -0.2) is 0 Å². The highest BCUT2D eigenvalue weighted by molar-refractivity contribution is 5.59. The maximum atomic E-state index is 5.82. The third kappa shape index (κ3) is 2.46. The molecule has 1 saturated heterocycles. The Labute approximate surface area is 112 Å². The van der Waals surface area contributed by atoms with Crippen LogP contribution in [0.25, 0.3) is 11.5 Å². The number of anilines is 1. The molecular formula is C14H18N4O. The van der Waals surface area contributed by atoms with Gasteiger partial charge in [-0.3, -0.25) is 0 Å². The summed E-state index contributed by atoms with van der Waals surface area (Å²) in [7, 11) is 0. The van der Waals surface area contributed by atoms with Gasteiger partial charge in [0.25, 0.3) is 0 Å². The standard InChI is InChI=1S/C14H18N4O/c1-10-3-4-11(2)12(9-10)13-16-17-14(19-13)18-7-5-15-6-8-18/h3-4,9,15H,5-8H2,1-2H3. The molecule has 1 N–H and O–H groups in total. The average molecular weight is 258 g/mol. The highest BCUT2D eigenvalue weighted by Crippen LogP contribution is 2.25. The van der Waals surface area contributed by atoms with E-state index in [1.807, 2.05) is 0 Å². The van der Waals surface area contributed by atoms with Crippen molar-refractivity contribution in [2.24, 2.45) is 0 Å². The largest absolute Gasteiger partial charge is 0.403 e. The normalized spacial score (nSPS) is 15.8. The maximum absolute atomic E-state index is 5.82. The van der Waals surface area contributed by atoms with E-state index in [4.69, 9.17) is 4.42 Å². The van der Waals surface area contributed by atoms with Crippen LogP contribution in [-0.4, -0.2) is 36.4 Å². The average Bonchev–Trinajstić information content (AvgIpc) is 2.92. The van der Waals surface area contributed by atoms with Crippen LogP contribution >= 0.6 is 0 Å². The third-order valence-electron chi connectivity index (χ3n) is 3.43. The van der Waals surface area contributed by atoms with Gasteiger partial charge in [0.1, 0.15) is 0 Å². The van der Waals surface area contributed by atoms with Crippen LogP contribution in [0.15, 0.2) is 22.6 Å². The SMILES string of the molecule is Cc1ccc(C)c(-c2nnc(N3CCNCC3)o2)c1. The molecule has 1 aliphatic heterocycles. The fourth-order valence-corrected chi connectivity index (χ4v) is 2.27. The van der Waals surface area contributed by atoms with Crippen LogP contribution < -0.4 is 10.2 Å². The van der Waals surface area contributed by atoms with Crippen molar-refractivity contribution in [3.8, 4) is 11.5 Å². The van der Waals surface area contributed by atoms with Crippen molar-refractivity contribution in [1.29, 1.82) is 0 Å². The van der Waals surface area contributed by atoms with Gasteiger partial charge in [-0.2, -0.15) is 0 Å². The van der Waals surface area contributed by atoms with E-state index in [2.05, 4.69) is 52.5 Å². The summed E-state index contributed by atoms with van der Waals surface area (Å²) in [5.41, 5.74) is 3.37. The fourth-order valence-electron chi connectivity index (χ4n) is 2.27. The second-order valence-corrected chi connectivity index (χ2v) is 4.95. The minimum Gasteiger partial charge on any atom is -0.403 e. The number of aryl methyl sites for hydroxylation is 2. The van der Waals surface area contributed by atoms with Crippen LogP contribution in [0.4, 0.5) is 6.01 Å². The number of piperazine rings is 1. The molecule has 0 saturated carbocycles. The molecule has 0 unspecified atom stereocenters. The predicted molar refractivity (Wildman–Crippen MR) is 74.3 cm³/mol. The quantitative estimate of drug-likeness (QED) is 0.889. The zero-order valence-electron chi connectivity index (χ0n) is 11.3. The molecule has 0 atom stereocenters. The van der Waals surface area contributed by atoms with E-state index in [-0.39, 0.29) is 0 Å². The second-order valence-electron chi connectivity index (χ2n) is 4.95. The lowest BCUT2D eigenvalue weighted by atomic mass is 10.1. The number of aromatic nitrogens is 2. The molecule has 5 nitrogen and oxygen atoms in total. The zero-order chi connectivity index (χ0) is 13.2. The van der Waals surface area contributed by atoms with Crippen molar-refractivity contribution >= 4 is 6.01 Å². The minimum absolute atomic E-state index is 0.606. The van der Waals surface area contributed by atoms with Gasteiger partial charge in [-0.1, -0.05) is 22.8 Å². The number of nitrogens with zero attached hydrogens (tertiary/aromatic N) is 3. The van der Waals surface area contributed by atoms with Crippen molar-refractivity contribution < 1.29 is 4.42 Å². The Morgan fingerprint density at radius 1 is 1.16 bits per heavy atom. The van der Waals surface area contributed by atoms with Crippen LogP contribution in [0.3, 0.4) is 0 Å². The van der Waals surface area contributed by atoms with E-state index in [0.29, 0.717) is 11.9 Å². The molecule has 5 heteroatoms. The predicted octanol–water partition coefficient (Wildman–Crippen LogP) is 1.76. The summed E-state index contributed by atoms with van der Waals surface area (Å²) >= 11 is 0. The lowest BCUT2D eigenvalue weighted by molar-refractivity contribution is 0.505. The molecule has 1 aromatic carbocycles. The molecule has 1 fully saturated rings. The molecular weight excluding hydrogens is 240 g/mol. The molecule has 2 heterocycles. The summed E-state index contributed by atoms with van der Waals surface area (Å²) < 4.78 is 5.82. The van der Waals surface area contributed by atoms with E-state index < -0.39 is 0 Å². The molecule has 3 rings (SSSR count). The van der Waals surface area contributed by atoms with Crippen molar-refractivity contribution in [1.82, 2.24) is 15.5 Å². The Morgan fingerprint density at radius 3 is 2.74 bits per heavy atom. The number of benzene rings is 1. The van der Waals surface area contributed by atoms with Gasteiger partial charge in [-0.05, 0) is 25.5 Å². The molecule has 0 aliphatic carbocycles. The maximum Gasteiger partial charge on any atom is 0.318 e. The first kappa shape index (κ1) is 12.2. The second kappa shape index (κ2) is 5.01. The lowest BCUT2D eigenvalue weighted by Gasteiger charge is -2.24. The van der Waals surface area contributed by atoms with Gasteiger partial charge in [0.15, 0.2) is 0 Å². The summed E-state index contributed by atoms with van der Waals surface area (Å²) in [6, 6.07) is 6.88. The van der Waals surface area contributed by atoms with E-state index in [0.717, 1.165) is 37.3 Å².